The highest BCUT2D eigenvalue weighted by molar-refractivity contribution is 14.1. The second-order valence-corrected chi connectivity index (χ2v) is 6.18. The Hall–Kier alpha value is -1.85. The van der Waals surface area contributed by atoms with E-state index in [-0.39, 0.29) is 11.5 Å². The third kappa shape index (κ3) is 4.56. The van der Waals surface area contributed by atoms with Crippen LogP contribution in [0.5, 0.6) is 0 Å². The molecule has 0 radical (unpaired) electrons. The number of nitrogens with zero attached hydrogens (tertiary/aromatic N) is 1. The third-order valence-electron chi connectivity index (χ3n) is 3.03. The molecule has 0 aliphatic rings. The van der Waals surface area contributed by atoms with Crippen molar-refractivity contribution in [3.8, 4) is 6.07 Å². The van der Waals surface area contributed by atoms with E-state index in [0.717, 1.165) is 3.57 Å². The summed E-state index contributed by atoms with van der Waals surface area (Å²) in [7, 11) is 0. The molecular weight excluding hydrogens is 432 g/mol. The summed E-state index contributed by atoms with van der Waals surface area (Å²) in [5.41, 5.74) is 0.910. The maximum Gasteiger partial charge on any atom is 0.252 e. The maximum absolute atomic E-state index is 13.4. The Balaban J connectivity index is 1.90. The van der Waals surface area contributed by atoms with Gasteiger partial charge in [0.2, 0.25) is 0 Å². The molecule has 0 aliphatic carbocycles. The van der Waals surface area contributed by atoms with Crippen molar-refractivity contribution >= 4 is 45.8 Å². The fourth-order valence-corrected chi connectivity index (χ4v) is 3.04. The number of halogens is 3. The Morgan fingerprint density at radius 1 is 1.30 bits per heavy atom. The van der Waals surface area contributed by atoms with Gasteiger partial charge in [-0.05, 0) is 52.9 Å². The maximum atomic E-state index is 13.4. The van der Waals surface area contributed by atoms with E-state index in [1.54, 1.807) is 24.3 Å². The Labute approximate surface area is 151 Å². The number of benzene rings is 2. The lowest BCUT2D eigenvalue weighted by Gasteiger charge is -2.10. The van der Waals surface area contributed by atoms with Crippen LogP contribution in [-0.2, 0) is 0 Å². The van der Waals surface area contributed by atoms with Crippen molar-refractivity contribution in [2.75, 3.05) is 18.4 Å². The molecule has 0 aromatic heterocycles. The molecule has 0 spiro atoms. The lowest BCUT2D eigenvalue weighted by atomic mass is 10.2. The highest BCUT2D eigenvalue weighted by atomic mass is 127. The monoisotopic (exact) mass is 443 g/mol. The molecule has 2 N–H and O–H groups in total. The zero-order valence-electron chi connectivity index (χ0n) is 11.9. The fraction of sp³-hybridized carbons (Fsp3) is 0.125. The molecule has 0 heterocycles. The van der Waals surface area contributed by atoms with Crippen LogP contribution >= 0.6 is 34.2 Å². The SMILES string of the molecule is N#Cc1c(F)cccc1NCCNC(=O)c1ccc(Cl)cc1I. The first-order valence-electron chi connectivity index (χ1n) is 6.68. The first-order valence-corrected chi connectivity index (χ1v) is 8.14. The van der Waals surface area contributed by atoms with Crippen LogP contribution < -0.4 is 10.6 Å². The highest BCUT2D eigenvalue weighted by Crippen LogP contribution is 2.18. The lowest BCUT2D eigenvalue weighted by molar-refractivity contribution is 0.0954. The van der Waals surface area contributed by atoms with Gasteiger partial charge in [-0.3, -0.25) is 4.79 Å². The average molecular weight is 444 g/mol. The number of amides is 1. The lowest BCUT2D eigenvalue weighted by Crippen LogP contribution is -2.29. The quantitative estimate of drug-likeness (QED) is 0.546. The van der Waals surface area contributed by atoms with Crippen LogP contribution in [0, 0.1) is 20.7 Å². The summed E-state index contributed by atoms with van der Waals surface area (Å²) in [5, 5.41) is 15.2. The van der Waals surface area contributed by atoms with Crippen LogP contribution in [0.3, 0.4) is 0 Å². The van der Waals surface area contributed by atoms with Crippen LogP contribution in [0.4, 0.5) is 10.1 Å². The first kappa shape index (κ1) is 17.5. The van der Waals surface area contributed by atoms with Gasteiger partial charge >= 0.3 is 0 Å². The Morgan fingerprint density at radius 2 is 2.09 bits per heavy atom. The zero-order valence-corrected chi connectivity index (χ0v) is 14.8. The summed E-state index contributed by atoms with van der Waals surface area (Å²) < 4.78 is 14.2. The van der Waals surface area contributed by atoms with Crippen molar-refractivity contribution in [3.63, 3.8) is 0 Å². The molecule has 0 saturated heterocycles. The predicted octanol–water partition coefficient (Wildman–Crippen LogP) is 3.80. The molecule has 4 nitrogen and oxygen atoms in total. The topological polar surface area (TPSA) is 64.9 Å². The Bertz CT molecular complexity index is 776. The summed E-state index contributed by atoms with van der Waals surface area (Å²) >= 11 is 7.90. The van der Waals surface area contributed by atoms with Crippen molar-refractivity contribution in [3.05, 3.63) is 61.9 Å². The molecule has 118 valence electrons. The van der Waals surface area contributed by atoms with Crippen molar-refractivity contribution in [2.45, 2.75) is 0 Å². The summed E-state index contributed by atoms with van der Waals surface area (Å²) in [5.74, 6) is -0.787. The molecule has 7 heteroatoms. The van der Waals surface area contributed by atoms with Crippen LogP contribution in [0.15, 0.2) is 36.4 Å². The molecule has 0 bridgehead atoms. The summed E-state index contributed by atoms with van der Waals surface area (Å²) in [6, 6.07) is 11.2. The van der Waals surface area contributed by atoms with Crippen LogP contribution in [-0.4, -0.2) is 19.0 Å². The fourth-order valence-electron chi connectivity index (χ4n) is 1.93. The summed E-state index contributed by atoms with van der Waals surface area (Å²) in [6.07, 6.45) is 0. The number of nitriles is 1. The van der Waals surface area contributed by atoms with Gasteiger partial charge < -0.3 is 10.6 Å². The number of nitrogens with one attached hydrogen (secondary N) is 2. The van der Waals surface area contributed by atoms with E-state index in [9.17, 15) is 9.18 Å². The van der Waals surface area contributed by atoms with Gasteiger partial charge in [0, 0.05) is 21.7 Å². The van der Waals surface area contributed by atoms with Gasteiger partial charge in [-0.15, -0.1) is 0 Å². The third-order valence-corrected chi connectivity index (χ3v) is 4.15. The summed E-state index contributed by atoms with van der Waals surface area (Å²) in [4.78, 5) is 12.1. The smallest absolute Gasteiger partial charge is 0.252 e. The number of anilines is 1. The minimum atomic E-state index is -0.572. The standard InChI is InChI=1S/C16H12ClFIN3O/c17-10-4-5-11(14(19)8-10)16(23)22-7-6-21-15-3-1-2-13(18)12(15)9-20/h1-5,8,21H,6-7H2,(H,22,23). The molecule has 1 amide bonds. The minimum absolute atomic E-state index is 0.0360. The second-order valence-electron chi connectivity index (χ2n) is 4.58. The molecular formula is C16H12ClFIN3O. The summed E-state index contributed by atoms with van der Waals surface area (Å²) in [6.45, 7) is 0.701. The van der Waals surface area contributed by atoms with Gasteiger partial charge in [-0.1, -0.05) is 17.7 Å². The average Bonchev–Trinajstić information content (AvgIpc) is 2.51. The van der Waals surface area contributed by atoms with Crippen LogP contribution in [0.2, 0.25) is 5.02 Å². The molecule has 0 atom stereocenters. The van der Waals surface area contributed by atoms with Crippen molar-refractivity contribution in [2.24, 2.45) is 0 Å². The van der Waals surface area contributed by atoms with Gasteiger partial charge in [0.05, 0.1) is 11.3 Å². The van der Waals surface area contributed by atoms with E-state index in [0.29, 0.717) is 29.4 Å². The predicted molar refractivity (Wildman–Crippen MR) is 96.1 cm³/mol. The number of hydrogen-bond acceptors (Lipinski definition) is 3. The Kier molecular flexibility index (Phi) is 6.19. The normalized spacial score (nSPS) is 10.0. The molecule has 0 unspecified atom stereocenters. The molecule has 0 saturated carbocycles. The van der Waals surface area contributed by atoms with Crippen molar-refractivity contribution < 1.29 is 9.18 Å². The van der Waals surface area contributed by atoms with Gasteiger partial charge in [0.25, 0.3) is 5.91 Å². The van der Waals surface area contributed by atoms with Gasteiger partial charge in [0.15, 0.2) is 0 Å². The van der Waals surface area contributed by atoms with E-state index >= 15 is 0 Å². The number of hydrogen-bond donors (Lipinski definition) is 2. The van der Waals surface area contributed by atoms with Crippen molar-refractivity contribution in [1.29, 1.82) is 5.26 Å². The molecule has 0 fully saturated rings. The Morgan fingerprint density at radius 3 is 2.78 bits per heavy atom. The van der Waals surface area contributed by atoms with E-state index in [4.69, 9.17) is 16.9 Å². The second kappa shape index (κ2) is 8.13. The van der Waals surface area contributed by atoms with E-state index in [2.05, 4.69) is 10.6 Å². The van der Waals surface area contributed by atoms with Gasteiger partial charge in [-0.25, -0.2) is 4.39 Å². The molecule has 2 rings (SSSR count). The zero-order chi connectivity index (χ0) is 16.8. The van der Waals surface area contributed by atoms with Crippen molar-refractivity contribution in [1.82, 2.24) is 5.32 Å². The molecule has 2 aromatic carbocycles. The van der Waals surface area contributed by atoms with E-state index in [1.807, 2.05) is 28.7 Å². The van der Waals surface area contributed by atoms with Gasteiger partial charge in [-0.2, -0.15) is 5.26 Å². The van der Waals surface area contributed by atoms with Crippen LogP contribution in [0.25, 0.3) is 0 Å². The molecule has 23 heavy (non-hydrogen) atoms. The minimum Gasteiger partial charge on any atom is -0.382 e. The largest absolute Gasteiger partial charge is 0.382 e. The van der Waals surface area contributed by atoms with Crippen LogP contribution in [0.1, 0.15) is 15.9 Å². The number of carbonyl (C=O) groups is 1. The molecule has 2 aromatic rings. The van der Waals surface area contributed by atoms with Gasteiger partial charge in [0.1, 0.15) is 17.4 Å². The highest BCUT2D eigenvalue weighted by Gasteiger charge is 2.10. The number of carbonyl (C=O) groups excluding carboxylic acids is 1. The first-order chi connectivity index (χ1) is 11.0. The van der Waals surface area contributed by atoms with E-state index in [1.165, 1.54) is 12.1 Å². The number of rotatable bonds is 5. The van der Waals surface area contributed by atoms with E-state index < -0.39 is 5.82 Å². The molecule has 0 aliphatic heterocycles.